The number of carboxylic acids is 2. The lowest BCUT2D eigenvalue weighted by Gasteiger charge is -2.41. The van der Waals surface area contributed by atoms with E-state index in [9.17, 15) is 9.59 Å². The zero-order valence-corrected chi connectivity index (χ0v) is 19.3. The van der Waals surface area contributed by atoms with Gasteiger partial charge in [-0.05, 0) is 36.8 Å². The van der Waals surface area contributed by atoms with E-state index < -0.39 is 17.5 Å². The number of carboxylic acid groups (broad SMARTS) is 2. The fourth-order valence-electron chi connectivity index (χ4n) is 4.78. The smallest absolute Gasteiger partial charge is 0.329 e. The van der Waals surface area contributed by atoms with Crippen molar-refractivity contribution in [2.45, 2.75) is 50.2 Å². The van der Waals surface area contributed by atoms with Gasteiger partial charge >= 0.3 is 11.9 Å². The standard InChI is InChI=1S/C24H32N4O6/c29-22(30)16-27-11-7-24(8-12-27,33-17-23(31)32)14-20-13-21(26-34-20)19-5-3-18(4-6-19)15-25-28-9-1-2-10-28/h3-6,15,20H,1-2,7-14,16-17H2,(H,29,30)(H,31,32). The van der Waals surface area contributed by atoms with E-state index in [0.717, 1.165) is 29.9 Å². The van der Waals surface area contributed by atoms with Crippen LogP contribution >= 0.6 is 0 Å². The third-order valence-electron chi connectivity index (χ3n) is 6.66. The van der Waals surface area contributed by atoms with Crippen molar-refractivity contribution >= 4 is 23.9 Å². The van der Waals surface area contributed by atoms with E-state index in [1.807, 2.05) is 35.4 Å². The van der Waals surface area contributed by atoms with Crippen molar-refractivity contribution in [1.82, 2.24) is 9.91 Å². The van der Waals surface area contributed by atoms with Gasteiger partial charge in [0.2, 0.25) is 0 Å². The number of carbonyl (C=O) groups is 2. The van der Waals surface area contributed by atoms with E-state index in [-0.39, 0.29) is 19.3 Å². The maximum absolute atomic E-state index is 11.1. The van der Waals surface area contributed by atoms with Gasteiger partial charge in [0.1, 0.15) is 12.7 Å². The number of rotatable bonds is 10. The van der Waals surface area contributed by atoms with Gasteiger partial charge in [-0.2, -0.15) is 5.10 Å². The van der Waals surface area contributed by atoms with Gasteiger partial charge in [0.05, 0.1) is 24.1 Å². The van der Waals surface area contributed by atoms with E-state index in [0.29, 0.717) is 38.8 Å². The molecular formula is C24H32N4O6. The van der Waals surface area contributed by atoms with Gasteiger partial charge in [-0.3, -0.25) is 14.7 Å². The Labute approximate surface area is 198 Å². The summed E-state index contributed by atoms with van der Waals surface area (Å²) in [7, 11) is 0. The number of nitrogens with zero attached hydrogens (tertiary/aromatic N) is 4. The monoisotopic (exact) mass is 472 g/mol. The fraction of sp³-hybridized carbons (Fsp3) is 0.583. The molecule has 10 heteroatoms. The van der Waals surface area contributed by atoms with Crippen LogP contribution in [0.1, 0.15) is 49.7 Å². The van der Waals surface area contributed by atoms with Gasteiger partial charge < -0.3 is 19.8 Å². The summed E-state index contributed by atoms with van der Waals surface area (Å²) in [4.78, 5) is 29.7. The molecule has 184 valence electrons. The van der Waals surface area contributed by atoms with Crippen molar-refractivity contribution in [2.75, 3.05) is 39.3 Å². The minimum atomic E-state index is -1.02. The number of ether oxygens (including phenoxy) is 1. The molecule has 0 aromatic heterocycles. The van der Waals surface area contributed by atoms with Gasteiger partial charge in [-0.25, -0.2) is 4.79 Å². The van der Waals surface area contributed by atoms with E-state index in [1.54, 1.807) is 0 Å². The molecule has 0 amide bonds. The molecule has 0 radical (unpaired) electrons. The first-order chi connectivity index (χ1) is 16.4. The van der Waals surface area contributed by atoms with Crippen molar-refractivity contribution in [1.29, 1.82) is 0 Å². The highest BCUT2D eigenvalue weighted by Crippen LogP contribution is 2.34. The molecule has 3 aliphatic heterocycles. The largest absolute Gasteiger partial charge is 0.480 e. The van der Waals surface area contributed by atoms with Crippen LogP contribution in [-0.2, 0) is 19.2 Å². The molecule has 0 aliphatic carbocycles. The molecule has 0 spiro atoms. The van der Waals surface area contributed by atoms with Crippen molar-refractivity contribution < 1.29 is 29.4 Å². The van der Waals surface area contributed by atoms with Crippen LogP contribution in [0.25, 0.3) is 0 Å². The Balaban J connectivity index is 1.33. The molecule has 0 bridgehead atoms. The molecule has 4 rings (SSSR count). The first-order valence-electron chi connectivity index (χ1n) is 11.8. The molecule has 1 aromatic rings. The van der Waals surface area contributed by atoms with Crippen molar-refractivity contribution in [3.63, 3.8) is 0 Å². The van der Waals surface area contributed by atoms with Gasteiger partial charge in [0, 0.05) is 39.0 Å². The number of oxime groups is 1. The molecule has 3 aliphatic rings. The Morgan fingerprint density at radius 3 is 2.47 bits per heavy atom. The molecule has 1 unspecified atom stereocenters. The van der Waals surface area contributed by atoms with Gasteiger partial charge in [0.25, 0.3) is 0 Å². The molecule has 2 N–H and O–H groups in total. The highest BCUT2D eigenvalue weighted by molar-refractivity contribution is 6.01. The zero-order valence-electron chi connectivity index (χ0n) is 19.3. The molecule has 1 aromatic carbocycles. The molecule has 34 heavy (non-hydrogen) atoms. The SMILES string of the molecule is O=C(O)COC1(CC2CC(c3ccc(C=NN4CCCC4)cc3)=NO2)CCN(CC(=O)O)CC1. The van der Waals surface area contributed by atoms with Gasteiger partial charge in [-0.1, -0.05) is 29.4 Å². The number of hydrazone groups is 1. The van der Waals surface area contributed by atoms with Crippen LogP contribution in [0.5, 0.6) is 0 Å². The molecular weight excluding hydrogens is 440 g/mol. The number of aliphatic carboxylic acids is 2. The van der Waals surface area contributed by atoms with Crippen molar-refractivity contribution in [2.24, 2.45) is 10.3 Å². The summed E-state index contributed by atoms with van der Waals surface area (Å²) in [6.45, 7) is 2.68. The Morgan fingerprint density at radius 2 is 1.82 bits per heavy atom. The Morgan fingerprint density at radius 1 is 1.12 bits per heavy atom. The lowest BCUT2D eigenvalue weighted by Crippen LogP contribution is -2.49. The minimum absolute atomic E-state index is 0.0269. The van der Waals surface area contributed by atoms with Crippen LogP contribution in [0.15, 0.2) is 34.5 Å². The summed E-state index contributed by atoms with van der Waals surface area (Å²) in [5, 5.41) is 29.1. The second-order valence-electron chi connectivity index (χ2n) is 9.24. The quantitative estimate of drug-likeness (QED) is 0.496. The van der Waals surface area contributed by atoms with Gasteiger partial charge in [-0.15, -0.1) is 0 Å². The molecule has 0 saturated carbocycles. The molecule has 10 nitrogen and oxygen atoms in total. The number of hydrogen-bond donors (Lipinski definition) is 2. The average molecular weight is 473 g/mol. The predicted octanol–water partition coefficient (Wildman–Crippen LogP) is 2.02. The number of benzene rings is 1. The van der Waals surface area contributed by atoms with E-state index in [2.05, 4.69) is 15.3 Å². The first-order valence-corrected chi connectivity index (χ1v) is 11.8. The second kappa shape index (κ2) is 11.0. The number of likely N-dealkylation sites (tertiary alicyclic amines) is 1. The first kappa shape index (κ1) is 24.2. The maximum Gasteiger partial charge on any atom is 0.329 e. The third-order valence-corrected chi connectivity index (χ3v) is 6.66. The lowest BCUT2D eigenvalue weighted by molar-refractivity contribution is -0.159. The number of piperidine rings is 1. The summed E-state index contributed by atoms with van der Waals surface area (Å²) >= 11 is 0. The van der Waals surface area contributed by atoms with E-state index in [1.165, 1.54) is 12.8 Å². The topological polar surface area (TPSA) is 124 Å². The van der Waals surface area contributed by atoms with Crippen LogP contribution in [0.4, 0.5) is 0 Å². The highest BCUT2D eigenvalue weighted by Gasteiger charge is 2.40. The van der Waals surface area contributed by atoms with Crippen LogP contribution in [-0.4, -0.2) is 95.0 Å². The van der Waals surface area contributed by atoms with Crippen LogP contribution in [0.3, 0.4) is 0 Å². The van der Waals surface area contributed by atoms with Crippen LogP contribution in [0, 0.1) is 0 Å². The zero-order chi connectivity index (χ0) is 24.0. The van der Waals surface area contributed by atoms with E-state index >= 15 is 0 Å². The minimum Gasteiger partial charge on any atom is -0.480 e. The summed E-state index contributed by atoms with van der Waals surface area (Å²) in [6, 6.07) is 8.05. The second-order valence-corrected chi connectivity index (χ2v) is 9.24. The van der Waals surface area contributed by atoms with Crippen molar-refractivity contribution in [3.05, 3.63) is 35.4 Å². The van der Waals surface area contributed by atoms with Crippen LogP contribution in [0.2, 0.25) is 0 Å². The normalized spacial score (nSPS) is 22.6. The summed E-state index contributed by atoms with van der Waals surface area (Å²) < 4.78 is 5.85. The van der Waals surface area contributed by atoms with Crippen molar-refractivity contribution in [3.8, 4) is 0 Å². The van der Waals surface area contributed by atoms with E-state index in [4.69, 9.17) is 19.8 Å². The highest BCUT2D eigenvalue weighted by atomic mass is 16.6. The molecule has 2 fully saturated rings. The average Bonchev–Trinajstić information content (AvgIpc) is 3.50. The van der Waals surface area contributed by atoms with Crippen LogP contribution < -0.4 is 0 Å². The fourth-order valence-corrected chi connectivity index (χ4v) is 4.78. The number of hydrogen-bond acceptors (Lipinski definition) is 8. The predicted molar refractivity (Wildman–Crippen MR) is 125 cm³/mol. The summed E-state index contributed by atoms with van der Waals surface area (Å²) in [5.74, 6) is -1.89. The Hall–Kier alpha value is -2.98. The third kappa shape index (κ3) is 6.54. The molecule has 1 atom stereocenters. The van der Waals surface area contributed by atoms with Gasteiger partial charge in [0.15, 0.2) is 0 Å². The molecule has 2 saturated heterocycles. The summed E-state index contributed by atoms with van der Waals surface area (Å²) in [5.41, 5.74) is 2.20. The Kier molecular flexibility index (Phi) is 7.79. The molecule has 3 heterocycles. The maximum atomic E-state index is 11.1. The Bertz CT molecular complexity index is 918. The summed E-state index contributed by atoms with van der Waals surface area (Å²) in [6.07, 6.45) is 6.27. The lowest BCUT2D eigenvalue weighted by atomic mass is 9.84.